The predicted octanol–water partition coefficient (Wildman–Crippen LogP) is 3.25. The summed E-state index contributed by atoms with van der Waals surface area (Å²) in [6, 6.07) is 0. The van der Waals surface area contributed by atoms with Gasteiger partial charge in [0.1, 0.15) is 0 Å². The number of aromatic nitrogens is 1. The molecular weight excluding hydrogens is 256 g/mol. The fraction of sp³-hybridized carbons (Fsp3) is 0.800. The Kier molecular flexibility index (Phi) is 6.97. The number of aryl methyl sites for hydroxylation is 1. The first-order valence-electron chi connectivity index (χ1n) is 7.08. The molecule has 1 rings (SSSR count). The smallest absolute Gasteiger partial charge is 0.0928 e. The van der Waals surface area contributed by atoms with E-state index in [1.807, 2.05) is 0 Å². The van der Waals surface area contributed by atoms with E-state index in [1.165, 1.54) is 17.1 Å². The van der Waals surface area contributed by atoms with E-state index in [0.717, 1.165) is 26.1 Å². The molecule has 0 saturated heterocycles. The van der Waals surface area contributed by atoms with Crippen molar-refractivity contribution in [2.45, 2.75) is 46.0 Å². The van der Waals surface area contributed by atoms with Crippen LogP contribution in [0.25, 0.3) is 0 Å². The first kappa shape index (κ1) is 16.6. The van der Waals surface area contributed by atoms with Crippen LogP contribution in [0.1, 0.15) is 44.8 Å². The third kappa shape index (κ3) is 6.50. The second-order valence-electron chi connectivity index (χ2n) is 6.22. The molecule has 0 aliphatic carbocycles. The Hall–Kier alpha value is -0.450. The van der Waals surface area contributed by atoms with E-state index >= 15 is 0 Å². The lowest BCUT2D eigenvalue weighted by atomic mass is 9.93. The Morgan fingerprint density at radius 1 is 1.42 bits per heavy atom. The van der Waals surface area contributed by atoms with Gasteiger partial charge in [-0.15, -0.1) is 11.3 Å². The van der Waals surface area contributed by atoms with Gasteiger partial charge in [0.25, 0.3) is 0 Å². The Labute approximate surface area is 121 Å². The summed E-state index contributed by atoms with van der Waals surface area (Å²) in [5, 5.41) is 6.89. The number of methoxy groups -OCH3 is 1. The van der Waals surface area contributed by atoms with Gasteiger partial charge >= 0.3 is 0 Å². The van der Waals surface area contributed by atoms with Crippen molar-refractivity contribution < 1.29 is 4.74 Å². The van der Waals surface area contributed by atoms with Crippen LogP contribution >= 0.6 is 11.3 Å². The molecule has 1 aromatic rings. The molecule has 0 saturated carbocycles. The number of nitrogens with one attached hydrogen (secondary N) is 1. The highest BCUT2D eigenvalue weighted by atomic mass is 32.1. The van der Waals surface area contributed by atoms with E-state index in [2.05, 4.69) is 38.4 Å². The molecule has 1 N–H and O–H groups in total. The van der Waals surface area contributed by atoms with E-state index in [-0.39, 0.29) is 5.41 Å². The number of nitrogens with zero attached hydrogens (tertiary/aromatic N) is 1. The zero-order valence-electron chi connectivity index (χ0n) is 13.0. The van der Waals surface area contributed by atoms with Gasteiger partial charge in [-0.3, -0.25) is 0 Å². The summed E-state index contributed by atoms with van der Waals surface area (Å²) in [5.74, 6) is 0.679. The van der Waals surface area contributed by atoms with Crippen molar-refractivity contribution in [3.05, 3.63) is 16.1 Å². The zero-order chi connectivity index (χ0) is 14.3. The molecule has 4 heteroatoms. The van der Waals surface area contributed by atoms with Crippen LogP contribution in [0, 0.1) is 5.92 Å². The predicted molar refractivity (Wildman–Crippen MR) is 83.0 cm³/mol. The third-order valence-corrected chi connectivity index (χ3v) is 4.06. The average Bonchev–Trinajstić information content (AvgIpc) is 2.81. The number of hydrogen-bond acceptors (Lipinski definition) is 4. The van der Waals surface area contributed by atoms with E-state index < -0.39 is 0 Å². The fourth-order valence-corrected chi connectivity index (χ4v) is 2.81. The number of thiazole rings is 1. The largest absolute Gasteiger partial charge is 0.383 e. The van der Waals surface area contributed by atoms with Crippen LogP contribution in [0.5, 0.6) is 0 Å². The summed E-state index contributed by atoms with van der Waals surface area (Å²) in [7, 11) is 1.74. The SMILES string of the molecule is COCCNCC(C)CCc1nc(C(C)(C)C)cs1. The summed E-state index contributed by atoms with van der Waals surface area (Å²) in [6.45, 7) is 11.7. The second kappa shape index (κ2) is 7.98. The van der Waals surface area contributed by atoms with Crippen molar-refractivity contribution in [2.24, 2.45) is 5.92 Å². The maximum absolute atomic E-state index is 5.02. The fourth-order valence-electron chi connectivity index (χ4n) is 1.76. The molecule has 1 heterocycles. The maximum Gasteiger partial charge on any atom is 0.0928 e. The lowest BCUT2D eigenvalue weighted by molar-refractivity contribution is 0.198. The molecule has 1 atom stereocenters. The highest BCUT2D eigenvalue weighted by Crippen LogP contribution is 2.24. The molecule has 0 spiro atoms. The molecule has 1 aromatic heterocycles. The summed E-state index contributed by atoms with van der Waals surface area (Å²) >= 11 is 1.80. The van der Waals surface area contributed by atoms with Crippen molar-refractivity contribution >= 4 is 11.3 Å². The lowest BCUT2D eigenvalue weighted by Crippen LogP contribution is -2.25. The Morgan fingerprint density at radius 3 is 2.74 bits per heavy atom. The first-order valence-corrected chi connectivity index (χ1v) is 7.96. The molecule has 1 unspecified atom stereocenters. The van der Waals surface area contributed by atoms with E-state index in [0.29, 0.717) is 5.92 Å². The molecule has 110 valence electrons. The minimum absolute atomic E-state index is 0.169. The molecule has 19 heavy (non-hydrogen) atoms. The van der Waals surface area contributed by atoms with Crippen LogP contribution in [-0.4, -0.2) is 31.8 Å². The molecule has 0 radical (unpaired) electrons. The van der Waals surface area contributed by atoms with Crippen molar-refractivity contribution in [1.82, 2.24) is 10.3 Å². The number of hydrogen-bond donors (Lipinski definition) is 1. The molecular formula is C15H28N2OS. The van der Waals surface area contributed by atoms with Crippen molar-refractivity contribution in [2.75, 3.05) is 26.8 Å². The molecule has 0 aromatic carbocycles. The van der Waals surface area contributed by atoms with Crippen LogP contribution in [0.15, 0.2) is 5.38 Å². The highest BCUT2D eigenvalue weighted by Gasteiger charge is 2.17. The van der Waals surface area contributed by atoms with Crippen LogP contribution in [-0.2, 0) is 16.6 Å². The van der Waals surface area contributed by atoms with Gasteiger partial charge in [-0.2, -0.15) is 0 Å². The average molecular weight is 284 g/mol. The van der Waals surface area contributed by atoms with E-state index in [1.54, 1.807) is 18.4 Å². The molecule has 0 aliphatic rings. The summed E-state index contributed by atoms with van der Waals surface area (Å²) in [4.78, 5) is 4.74. The lowest BCUT2D eigenvalue weighted by Gasteiger charge is -2.14. The van der Waals surface area contributed by atoms with Crippen LogP contribution in [0.4, 0.5) is 0 Å². The van der Waals surface area contributed by atoms with Gasteiger partial charge in [-0.1, -0.05) is 27.7 Å². The van der Waals surface area contributed by atoms with Gasteiger partial charge in [-0.25, -0.2) is 4.98 Å². The minimum atomic E-state index is 0.169. The van der Waals surface area contributed by atoms with Crippen molar-refractivity contribution in [1.29, 1.82) is 0 Å². The van der Waals surface area contributed by atoms with Gasteiger partial charge in [0.05, 0.1) is 17.3 Å². The van der Waals surface area contributed by atoms with Crippen LogP contribution < -0.4 is 5.32 Å². The standard InChI is InChI=1S/C15H28N2OS/c1-12(10-16-8-9-18-5)6-7-14-17-13(11-19-14)15(2,3)4/h11-12,16H,6-10H2,1-5H3. The third-order valence-electron chi connectivity index (χ3n) is 3.15. The van der Waals surface area contributed by atoms with Crippen LogP contribution in [0.3, 0.4) is 0 Å². The Bertz CT molecular complexity index is 357. The van der Waals surface area contributed by atoms with E-state index in [9.17, 15) is 0 Å². The normalized spacial score (nSPS) is 13.7. The maximum atomic E-state index is 5.02. The van der Waals surface area contributed by atoms with Gasteiger partial charge in [-0.05, 0) is 25.3 Å². The summed E-state index contributed by atoms with van der Waals surface area (Å²) in [6.07, 6.45) is 2.28. The number of rotatable bonds is 8. The molecule has 0 aliphatic heterocycles. The number of ether oxygens (including phenoxy) is 1. The van der Waals surface area contributed by atoms with Gasteiger partial charge in [0.15, 0.2) is 0 Å². The zero-order valence-corrected chi connectivity index (χ0v) is 13.8. The monoisotopic (exact) mass is 284 g/mol. The molecule has 0 bridgehead atoms. The van der Waals surface area contributed by atoms with Crippen molar-refractivity contribution in [3.63, 3.8) is 0 Å². The first-order chi connectivity index (χ1) is 8.93. The van der Waals surface area contributed by atoms with E-state index in [4.69, 9.17) is 9.72 Å². The minimum Gasteiger partial charge on any atom is -0.383 e. The highest BCUT2D eigenvalue weighted by molar-refractivity contribution is 7.09. The Morgan fingerprint density at radius 2 is 2.16 bits per heavy atom. The molecule has 3 nitrogen and oxygen atoms in total. The van der Waals surface area contributed by atoms with Gasteiger partial charge in [0, 0.05) is 24.4 Å². The summed E-state index contributed by atoms with van der Waals surface area (Å²) in [5.41, 5.74) is 1.39. The topological polar surface area (TPSA) is 34.1 Å². The molecule has 0 fully saturated rings. The van der Waals surface area contributed by atoms with Crippen molar-refractivity contribution in [3.8, 4) is 0 Å². The quantitative estimate of drug-likeness (QED) is 0.744. The second-order valence-corrected chi connectivity index (χ2v) is 7.16. The Balaban J connectivity index is 2.26. The van der Waals surface area contributed by atoms with Gasteiger partial charge in [0.2, 0.25) is 0 Å². The summed E-state index contributed by atoms with van der Waals surface area (Å²) < 4.78 is 5.02. The van der Waals surface area contributed by atoms with Gasteiger partial charge < -0.3 is 10.1 Å². The van der Waals surface area contributed by atoms with Crippen LogP contribution in [0.2, 0.25) is 0 Å². The molecule has 0 amide bonds.